The zero-order chi connectivity index (χ0) is 18.8. The number of carbonyl (C=O) groups is 2. The van der Waals surface area contributed by atoms with Crippen LogP contribution >= 0.6 is 27.3 Å². The Hall–Kier alpha value is -1.66. The van der Waals surface area contributed by atoms with Crippen LogP contribution in [0.2, 0.25) is 0 Å². The molecule has 2 aromatic rings. The van der Waals surface area contributed by atoms with E-state index in [2.05, 4.69) is 28.2 Å². The summed E-state index contributed by atoms with van der Waals surface area (Å²) in [7, 11) is 0. The summed E-state index contributed by atoms with van der Waals surface area (Å²) in [4.78, 5) is 26.6. The van der Waals surface area contributed by atoms with Gasteiger partial charge in [0.25, 0.3) is 5.91 Å². The fourth-order valence-corrected chi connectivity index (χ4v) is 5.00. The molecule has 1 amide bonds. The lowest BCUT2D eigenvalue weighted by Gasteiger charge is -2.18. The molecule has 0 fully saturated rings. The van der Waals surface area contributed by atoms with Crippen LogP contribution in [0.1, 0.15) is 58.3 Å². The Morgan fingerprint density at radius 2 is 2.04 bits per heavy atom. The van der Waals surface area contributed by atoms with Crippen molar-refractivity contribution >= 4 is 44.1 Å². The molecule has 1 heterocycles. The first kappa shape index (κ1) is 19.1. The van der Waals surface area contributed by atoms with Gasteiger partial charge in [0.1, 0.15) is 5.00 Å². The molecular formula is C20H22BrNO3S. The quantitative estimate of drug-likeness (QED) is 0.649. The van der Waals surface area contributed by atoms with E-state index in [0.29, 0.717) is 22.0 Å². The van der Waals surface area contributed by atoms with E-state index < -0.39 is 0 Å². The van der Waals surface area contributed by atoms with Gasteiger partial charge in [-0.3, -0.25) is 4.79 Å². The van der Waals surface area contributed by atoms with Crippen molar-refractivity contribution in [3.63, 3.8) is 0 Å². The molecule has 1 aliphatic rings. The fourth-order valence-electron chi connectivity index (χ4n) is 3.14. The molecule has 26 heavy (non-hydrogen) atoms. The molecule has 4 nitrogen and oxygen atoms in total. The van der Waals surface area contributed by atoms with E-state index in [9.17, 15) is 9.59 Å². The fraction of sp³-hybridized carbons (Fsp3) is 0.400. The number of benzene rings is 1. The number of thiophene rings is 1. The van der Waals surface area contributed by atoms with Crippen LogP contribution in [0.5, 0.6) is 0 Å². The zero-order valence-corrected chi connectivity index (χ0v) is 17.5. The molecule has 0 radical (unpaired) electrons. The molecule has 1 aromatic heterocycles. The summed E-state index contributed by atoms with van der Waals surface area (Å²) in [6.45, 7) is 5.88. The number of esters is 1. The average Bonchev–Trinajstić information content (AvgIpc) is 2.91. The number of ether oxygens (including phenoxy) is 1. The highest BCUT2D eigenvalue weighted by atomic mass is 79.9. The molecule has 1 unspecified atom stereocenters. The number of hydrogen-bond donors (Lipinski definition) is 1. The van der Waals surface area contributed by atoms with Gasteiger partial charge in [-0.2, -0.15) is 0 Å². The third-order valence-electron chi connectivity index (χ3n) is 4.40. The van der Waals surface area contributed by atoms with Gasteiger partial charge in [-0.15, -0.1) is 11.3 Å². The maximum absolute atomic E-state index is 12.7. The van der Waals surface area contributed by atoms with Gasteiger partial charge < -0.3 is 10.1 Å². The Labute approximate surface area is 166 Å². The number of halogens is 1. The summed E-state index contributed by atoms with van der Waals surface area (Å²) < 4.78 is 6.17. The molecular weight excluding hydrogens is 414 g/mol. The molecule has 0 saturated heterocycles. The summed E-state index contributed by atoms with van der Waals surface area (Å²) in [5, 5.41) is 3.54. The minimum absolute atomic E-state index is 0.201. The molecule has 1 aliphatic carbocycles. The number of hydrogen-bond acceptors (Lipinski definition) is 4. The molecule has 0 aliphatic heterocycles. The van der Waals surface area contributed by atoms with E-state index in [1.807, 2.05) is 32.0 Å². The largest absolute Gasteiger partial charge is 0.459 e. The molecule has 0 bridgehead atoms. The van der Waals surface area contributed by atoms with Crippen LogP contribution in [0.15, 0.2) is 28.7 Å². The number of anilines is 1. The van der Waals surface area contributed by atoms with Crippen LogP contribution < -0.4 is 5.32 Å². The molecule has 1 N–H and O–H groups in total. The zero-order valence-electron chi connectivity index (χ0n) is 15.1. The summed E-state index contributed by atoms with van der Waals surface area (Å²) in [5.74, 6) is -0.000800. The molecule has 1 atom stereocenters. The van der Waals surface area contributed by atoms with Crippen LogP contribution in [0, 0.1) is 5.92 Å². The molecule has 1 aromatic carbocycles. The molecule has 138 valence electrons. The van der Waals surface area contributed by atoms with Crippen molar-refractivity contribution < 1.29 is 14.3 Å². The number of carbonyl (C=O) groups excluding carboxylic acids is 2. The van der Waals surface area contributed by atoms with E-state index in [-0.39, 0.29) is 18.0 Å². The highest BCUT2D eigenvalue weighted by molar-refractivity contribution is 9.10. The lowest BCUT2D eigenvalue weighted by Crippen LogP contribution is -2.18. The van der Waals surface area contributed by atoms with Crippen molar-refractivity contribution in [1.82, 2.24) is 0 Å². The van der Waals surface area contributed by atoms with Crippen molar-refractivity contribution in [1.29, 1.82) is 0 Å². The van der Waals surface area contributed by atoms with E-state index in [0.717, 1.165) is 29.3 Å². The van der Waals surface area contributed by atoms with Gasteiger partial charge >= 0.3 is 5.97 Å². The summed E-state index contributed by atoms with van der Waals surface area (Å²) in [5.41, 5.74) is 2.11. The lowest BCUT2D eigenvalue weighted by molar-refractivity contribution is 0.0378. The Balaban J connectivity index is 1.96. The van der Waals surface area contributed by atoms with Crippen molar-refractivity contribution in [2.45, 2.75) is 46.1 Å². The summed E-state index contributed by atoms with van der Waals surface area (Å²) in [6, 6.07) is 7.25. The predicted octanol–water partition coefficient (Wildman–Crippen LogP) is 5.45. The summed E-state index contributed by atoms with van der Waals surface area (Å²) >= 11 is 4.91. The van der Waals surface area contributed by atoms with E-state index in [1.54, 1.807) is 6.07 Å². The van der Waals surface area contributed by atoms with Gasteiger partial charge in [-0.25, -0.2) is 4.79 Å². The number of nitrogens with one attached hydrogen (secondary N) is 1. The first-order chi connectivity index (χ1) is 12.4. The lowest BCUT2D eigenvalue weighted by atomic mass is 9.88. The highest BCUT2D eigenvalue weighted by Gasteiger charge is 2.30. The van der Waals surface area contributed by atoms with Gasteiger partial charge in [0, 0.05) is 9.35 Å². The van der Waals surface area contributed by atoms with Crippen LogP contribution in [-0.4, -0.2) is 18.0 Å². The van der Waals surface area contributed by atoms with Gasteiger partial charge in [-0.05, 0) is 72.7 Å². The maximum Gasteiger partial charge on any atom is 0.341 e. The van der Waals surface area contributed by atoms with Crippen LogP contribution in [0.3, 0.4) is 0 Å². The Morgan fingerprint density at radius 1 is 1.31 bits per heavy atom. The van der Waals surface area contributed by atoms with Crippen LogP contribution in [-0.2, 0) is 17.6 Å². The predicted molar refractivity (Wildman–Crippen MR) is 108 cm³/mol. The Bertz CT molecular complexity index is 844. The van der Waals surface area contributed by atoms with Crippen molar-refractivity contribution in [2.24, 2.45) is 5.92 Å². The van der Waals surface area contributed by atoms with Crippen LogP contribution in [0.4, 0.5) is 5.00 Å². The first-order valence-corrected chi connectivity index (χ1v) is 10.4. The minimum atomic E-state index is -0.352. The third kappa shape index (κ3) is 4.01. The molecule has 6 heteroatoms. The average molecular weight is 436 g/mol. The number of fused-ring (bicyclic) bond motifs is 1. The van der Waals surface area contributed by atoms with Gasteiger partial charge in [0.05, 0.1) is 17.2 Å². The van der Waals surface area contributed by atoms with Crippen LogP contribution in [0.25, 0.3) is 0 Å². The summed E-state index contributed by atoms with van der Waals surface area (Å²) in [6.07, 6.45) is 2.63. The monoisotopic (exact) mass is 435 g/mol. The van der Waals surface area contributed by atoms with E-state index >= 15 is 0 Å². The second-order valence-electron chi connectivity index (χ2n) is 6.94. The van der Waals surface area contributed by atoms with E-state index in [1.165, 1.54) is 16.2 Å². The normalized spacial score (nSPS) is 16.3. The standard InChI is InChI=1S/C20H22BrNO3S/c1-11(2)25-20(24)17-14-9-8-12(3)10-16(14)26-19(17)22-18(23)13-6-4-5-7-15(13)21/h4-7,11-12H,8-10H2,1-3H3,(H,22,23). The van der Waals surface area contributed by atoms with Gasteiger partial charge in [0.2, 0.25) is 0 Å². The smallest absolute Gasteiger partial charge is 0.341 e. The second kappa shape index (κ2) is 7.92. The maximum atomic E-state index is 12.7. The SMILES string of the molecule is CC1CCc2c(sc(NC(=O)c3ccccc3Br)c2C(=O)OC(C)C)C1. The Kier molecular flexibility index (Phi) is 5.82. The van der Waals surface area contributed by atoms with Crippen molar-refractivity contribution in [3.8, 4) is 0 Å². The van der Waals surface area contributed by atoms with Gasteiger partial charge in [0.15, 0.2) is 0 Å². The van der Waals surface area contributed by atoms with Crippen molar-refractivity contribution in [3.05, 3.63) is 50.3 Å². The number of rotatable bonds is 4. The molecule has 0 saturated carbocycles. The Morgan fingerprint density at radius 3 is 2.73 bits per heavy atom. The van der Waals surface area contributed by atoms with Crippen molar-refractivity contribution in [2.75, 3.05) is 5.32 Å². The second-order valence-corrected chi connectivity index (χ2v) is 8.90. The highest BCUT2D eigenvalue weighted by Crippen LogP contribution is 2.40. The topological polar surface area (TPSA) is 55.4 Å². The first-order valence-electron chi connectivity index (χ1n) is 8.78. The van der Waals surface area contributed by atoms with Gasteiger partial charge in [-0.1, -0.05) is 19.1 Å². The molecule has 3 rings (SSSR count). The molecule has 0 spiro atoms. The number of amides is 1. The van der Waals surface area contributed by atoms with E-state index in [4.69, 9.17) is 4.74 Å². The third-order valence-corrected chi connectivity index (χ3v) is 6.27. The minimum Gasteiger partial charge on any atom is -0.459 e.